The van der Waals surface area contributed by atoms with Gasteiger partial charge < -0.3 is 10.4 Å². The van der Waals surface area contributed by atoms with Gasteiger partial charge >= 0.3 is 0 Å². The van der Waals surface area contributed by atoms with E-state index in [0.717, 1.165) is 0 Å². The Balaban J connectivity index is 1.58. The molecule has 0 radical (unpaired) electrons. The number of benzene rings is 1. The van der Waals surface area contributed by atoms with Crippen LogP contribution in [-0.4, -0.2) is 26.6 Å². The molecule has 8 heteroatoms. The molecule has 0 unspecified atom stereocenters. The van der Waals surface area contributed by atoms with Crippen molar-refractivity contribution in [3.8, 4) is 0 Å². The van der Waals surface area contributed by atoms with Crippen LogP contribution < -0.4 is 10.9 Å². The van der Waals surface area contributed by atoms with Gasteiger partial charge in [-0.15, -0.1) is 11.3 Å². The third kappa shape index (κ3) is 4.12. The molecule has 0 saturated heterocycles. The van der Waals surface area contributed by atoms with Gasteiger partial charge in [0.15, 0.2) is 0 Å². The highest BCUT2D eigenvalue weighted by Gasteiger charge is 2.18. The molecule has 0 aliphatic carbocycles. The lowest BCUT2D eigenvalue weighted by molar-refractivity contribution is -0.122. The highest BCUT2D eigenvalue weighted by Crippen LogP contribution is 2.19. The average molecular weight is 392 g/mol. The maximum Gasteiger partial charge on any atom is 0.262 e. The van der Waals surface area contributed by atoms with Crippen LogP contribution in [0.4, 0.5) is 0 Å². The van der Waals surface area contributed by atoms with Crippen molar-refractivity contribution in [2.75, 3.05) is 0 Å². The standard InChI is InChI=1S/C18H18ClN3O3S/c1-11(16(24)12-2-4-13(19)5-3-12)21-15(23)6-8-22-10-20-17-14(18(22)25)7-9-26-17/h2-5,7,9-11,16,24H,6,8H2,1H3,(H,21,23)/t11-,16+/m1/s1. The Kier molecular flexibility index (Phi) is 5.70. The lowest BCUT2D eigenvalue weighted by Crippen LogP contribution is -2.37. The van der Waals surface area contributed by atoms with Gasteiger partial charge in [-0.3, -0.25) is 14.2 Å². The summed E-state index contributed by atoms with van der Waals surface area (Å²) >= 11 is 7.24. The molecule has 2 N–H and O–H groups in total. The first-order valence-electron chi connectivity index (χ1n) is 8.11. The molecule has 2 aromatic heterocycles. The van der Waals surface area contributed by atoms with Crippen LogP contribution in [0.5, 0.6) is 0 Å². The van der Waals surface area contributed by atoms with E-state index >= 15 is 0 Å². The van der Waals surface area contributed by atoms with Gasteiger partial charge in [0.2, 0.25) is 5.91 Å². The summed E-state index contributed by atoms with van der Waals surface area (Å²) in [5, 5.41) is 16.0. The van der Waals surface area contributed by atoms with Crippen LogP contribution in [-0.2, 0) is 11.3 Å². The third-order valence-electron chi connectivity index (χ3n) is 4.10. The first-order valence-corrected chi connectivity index (χ1v) is 9.37. The van der Waals surface area contributed by atoms with E-state index in [9.17, 15) is 14.7 Å². The number of carbonyl (C=O) groups excluding carboxylic acids is 1. The molecule has 2 heterocycles. The largest absolute Gasteiger partial charge is 0.386 e. The fourth-order valence-corrected chi connectivity index (χ4v) is 3.48. The van der Waals surface area contributed by atoms with Crippen LogP contribution in [0.15, 0.2) is 46.8 Å². The lowest BCUT2D eigenvalue weighted by atomic mass is 10.0. The number of halogens is 1. The number of aliphatic hydroxyl groups is 1. The first-order chi connectivity index (χ1) is 12.5. The number of aliphatic hydroxyl groups excluding tert-OH is 1. The van der Waals surface area contributed by atoms with E-state index in [2.05, 4.69) is 10.3 Å². The molecule has 6 nitrogen and oxygen atoms in total. The van der Waals surface area contributed by atoms with Crippen molar-refractivity contribution >= 4 is 39.1 Å². The number of aryl methyl sites for hydroxylation is 1. The Morgan fingerprint density at radius 1 is 1.35 bits per heavy atom. The Hall–Kier alpha value is -2.22. The summed E-state index contributed by atoms with van der Waals surface area (Å²) in [5.74, 6) is -0.247. The predicted octanol–water partition coefficient (Wildman–Crippen LogP) is 2.74. The monoisotopic (exact) mass is 391 g/mol. The van der Waals surface area contributed by atoms with Crippen LogP contribution in [0.2, 0.25) is 5.02 Å². The molecule has 0 aliphatic heterocycles. The van der Waals surface area contributed by atoms with Gasteiger partial charge in [-0.2, -0.15) is 0 Å². The molecule has 26 heavy (non-hydrogen) atoms. The molecule has 2 atom stereocenters. The van der Waals surface area contributed by atoms with E-state index in [1.165, 1.54) is 22.2 Å². The Morgan fingerprint density at radius 3 is 2.81 bits per heavy atom. The maximum absolute atomic E-state index is 12.3. The summed E-state index contributed by atoms with van der Waals surface area (Å²) in [4.78, 5) is 29.4. The van der Waals surface area contributed by atoms with Gasteiger partial charge in [-0.05, 0) is 36.1 Å². The molecule has 0 saturated carbocycles. The summed E-state index contributed by atoms with van der Waals surface area (Å²) in [6.07, 6.45) is 0.734. The van der Waals surface area contributed by atoms with Gasteiger partial charge in [-0.25, -0.2) is 4.98 Å². The van der Waals surface area contributed by atoms with Crippen molar-refractivity contribution in [3.63, 3.8) is 0 Å². The SMILES string of the molecule is C[C@@H](NC(=O)CCn1cnc2sccc2c1=O)[C@H](O)c1ccc(Cl)cc1. The second-order valence-corrected chi connectivity index (χ2v) is 7.32. The number of fused-ring (bicyclic) bond motifs is 1. The molecule has 136 valence electrons. The van der Waals surface area contributed by atoms with Crippen LogP contribution >= 0.6 is 22.9 Å². The summed E-state index contributed by atoms with van der Waals surface area (Å²) in [5.41, 5.74) is 0.517. The molecule has 0 aliphatic rings. The van der Waals surface area contributed by atoms with E-state index in [1.807, 2.05) is 5.38 Å². The zero-order valence-electron chi connectivity index (χ0n) is 14.1. The number of carbonyl (C=O) groups is 1. The Morgan fingerprint density at radius 2 is 2.08 bits per heavy atom. The van der Waals surface area contributed by atoms with Crippen molar-refractivity contribution in [1.29, 1.82) is 0 Å². The molecule has 0 fully saturated rings. The number of nitrogens with one attached hydrogen (secondary N) is 1. The number of hydrogen-bond acceptors (Lipinski definition) is 5. The Labute approximate surface area is 159 Å². The number of rotatable bonds is 6. The zero-order valence-corrected chi connectivity index (χ0v) is 15.6. The van der Waals surface area contributed by atoms with Crippen LogP contribution in [0.25, 0.3) is 10.2 Å². The minimum atomic E-state index is -0.845. The number of nitrogens with zero attached hydrogens (tertiary/aromatic N) is 2. The number of hydrogen-bond donors (Lipinski definition) is 2. The Bertz CT molecular complexity index is 968. The molecule has 3 rings (SSSR count). The smallest absolute Gasteiger partial charge is 0.262 e. The summed E-state index contributed by atoms with van der Waals surface area (Å²) in [7, 11) is 0. The zero-order chi connectivity index (χ0) is 18.7. The summed E-state index contributed by atoms with van der Waals surface area (Å²) in [6, 6.07) is 8.08. The van der Waals surface area contributed by atoms with Gasteiger partial charge in [0.1, 0.15) is 4.83 Å². The molecule has 0 bridgehead atoms. The lowest BCUT2D eigenvalue weighted by Gasteiger charge is -2.20. The number of thiophene rings is 1. The van der Waals surface area contributed by atoms with Crippen molar-refractivity contribution in [2.24, 2.45) is 0 Å². The van der Waals surface area contributed by atoms with Gasteiger partial charge in [0.05, 0.1) is 23.9 Å². The van der Waals surface area contributed by atoms with E-state index < -0.39 is 12.1 Å². The molecule has 3 aromatic rings. The molecular formula is C18H18ClN3O3S. The molecule has 0 spiro atoms. The summed E-state index contributed by atoms with van der Waals surface area (Å²) < 4.78 is 1.43. The van der Waals surface area contributed by atoms with Crippen molar-refractivity contribution in [2.45, 2.75) is 32.0 Å². The first kappa shape index (κ1) is 18.6. The van der Waals surface area contributed by atoms with Crippen LogP contribution in [0, 0.1) is 0 Å². The van der Waals surface area contributed by atoms with Crippen molar-refractivity contribution < 1.29 is 9.90 Å². The van der Waals surface area contributed by atoms with Crippen molar-refractivity contribution in [3.05, 3.63) is 63.0 Å². The topological polar surface area (TPSA) is 84.2 Å². The maximum atomic E-state index is 12.3. The van der Waals surface area contributed by atoms with Crippen LogP contribution in [0.1, 0.15) is 25.0 Å². The van der Waals surface area contributed by atoms with E-state index in [0.29, 0.717) is 20.8 Å². The third-order valence-corrected chi connectivity index (χ3v) is 5.18. The normalized spacial score (nSPS) is 13.5. The average Bonchev–Trinajstić information content (AvgIpc) is 3.11. The fourth-order valence-electron chi connectivity index (χ4n) is 2.63. The highest BCUT2D eigenvalue weighted by atomic mass is 35.5. The second-order valence-electron chi connectivity index (χ2n) is 5.99. The molecule has 1 aromatic carbocycles. The second kappa shape index (κ2) is 7.99. The van der Waals surface area contributed by atoms with Crippen molar-refractivity contribution in [1.82, 2.24) is 14.9 Å². The van der Waals surface area contributed by atoms with E-state index in [1.54, 1.807) is 37.3 Å². The highest BCUT2D eigenvalue weighted by molar-refractivity contribution is 7.16. The minimum absolute atomic E-state index is 0.120. The quantitative estimate of drug-likeness (QED) is 0.676. The van der Waals surface area contributed by atoms with Crippen LogP contribution in [0.3, 0.4) is 0 Å². The van der Waals surface area contributed by atoms with E-state index in [-0.39, 0.29) is 24.4 Å². The van der Waals surface area contributed by atoms with Gasteiger partial charge in [0, 0.05) is 18.0 Å². The fraction of sp³-hybridized carbons (Fsp3) is 0.278. The van der Waals surface area contributed by atoms with Gasteiger partial charge in [0.25, 0.3) is 5.56 Å². The minimum Gasteiger partial charge on any atom is -0.386 e. The number of amides is 1. The summed E-state index contributed by atoms with van der Waals surface area (Å²) in [6.45, 7) is 1.95. The predicted molar refractivity (Wildman–Crippen MR) is 103 cm³/mol. The van der Waals surface area contributed by atoms with Gasteiger partial charge in [-0.1, -0.05) is 23.7 Å². The van der Waals surface area contributed by atoms with E-state index in [4.69, 9.17) is 11.6 Å². The number of aromatic nitrogens is 2. The molecular weight excluding hydrogens is 374 g/mol. The molecule has 1 amide bonds.